The maximum atomic E-state index is 12.8. The Balaban J connectivity index is 2.43. The topological polar surface area (TPSA) is 66.7 Å². The van der Waals surface area contributed by atoms with Gasteiger partial charge >= 0.3 is 5.97 Å². The molecule has 0 aromatic rings. The van der Waals surface area contributed by atoms with E-state index in [-0.39, 0.29) is 11.4 Å². The third kappa shape index (κ3) is 1.63. The van der Waals surface area contributed by atoms with E-state index in [1.54, 1.807) is 0 Å². The third-order valence-corrected chi connectivity index (χ3v) is 2.11. The molecule has 0 saturated heterocycles. The zero-order valence-electron chi connectivity index (χ0n) is 7.48. The van der Waals surface area contributed by atoms with Crippen molar-refractivity contribution in [3.63, 3.8) is 0 Å². The Morgan fingerprint density at radius 3 is 2.87 bits per heavy atom. The van der Waals surface area contributed by atoms with Crippen molar-refractivity contribution < 1.29 is 19.1 Å². The SMILES string of the molecule is O=C(O)C1=CC(=O)C2C=C(F)C=CC2=N1. The second-order valence-electron chi connectivity index (χ2n) is 3.14. The van der Waals surface area contributed by atoms with Crippen molar-refractivity contribution in [3.8, 4) is 0 Å². The molecule has 1 heterocycles. The second-order valence-corrected chi connectivity index (χ2v) is 3.14. The zero-order valence-corrected chi connectivity index (χ0v) is 7.48. The Labute approximate surface area is 84.1 Å². The predicted octanol–water partition coefficient (Wildman–Crippen LogP) is 1.02. The summed E-state index contributed by atoms with van der Waals surface area (Å²) in [5.74, 6) is -3.02. The van der Waals surface area contributed by atoms with Gasteiger partial charge in [-0.1, -0.05) is 0 Å². The van der Waals surface area contributed by atoms with E-state index >= 15 is 0 Å². The molecule has 0 aromatic carbocycles. The van der Waals surface area contributed by atoms with Crippen LogP contribution in [0.1, 0.15) is 0 Å². The van der Waals surface area contributed by atoms with Gasteiger partial charge in [0.1, 0.15) is 5.83 Å². The average Bonchev–Trinajstić information content (AvgIpc) is 2.18. The maximum Gasteiger partial charge on any atom is 0.354 e. The first-order valence-electron chi connectivity index (χ1n) is 4.21. The molecule has 5 heteroatoms. The van der Waals surface area contributed by atoms with Crippen LogP contribution in [0, 0.1) is 5.92 Å². The first-order valence-corrected chi connectivity index (χ1v) is 4.21. The molecule has 0 amide bonds. The number of hydrogen-bond acceptors (Lipinski definition) is 3. The summed E-state index contributed by atoms with van der Waals surface area (Å²) in [6.07, 6.45) is 4.50. The number of carboxylic acids is 1. The summed E-state index contributed by atoms with van der Waals surface area (Å²) < 4.78 is 12.8. The predicted molar refractivity (Wildman–Crippen MR) is 50.0 cm³/mol. The first kappa shape index (κ1) is 9.51. The van der Waals surface area contributed by atoms with Crippen LogP contribution < -0.4 is 0 Å². The number of aliphatic carboxylic acids is 1. The van der Waals surface area contributed by atoms with E-state index < -0.39 is 23.5 Å². The number of allylic oxidation sites excluding steroid dienone is 5. The summed E-state index contributed by atoms with van der Waals surface area (Å²) in [7, 11) is 0. The number of carboxylic acid groups (broad SMARTS) is 1. The van der Waals surface area contributed by atoms with E-state index in [9.17, 15) is 14.0 Å². The second kappa shape index (κ2) is 3.27. The molecule has 1 aliphatic heterocycles. The van der Waals surface area contributed by atoms with Gasteiger partial charge in [-0.05, 0) is 18.2 Å². The standard InChI is InChI=1S/C10H6FNO3/c11-5-1-2-7-6(3-5)9(13)4-8(12-7)10(14)15/h1-4,6H,(H,14,15). The van der Waals surface area contributed by atoms with E-state index in [4.69, 9.17) is 5.11 Å². The van der Waals surface area contributed by atoms with Gasteiger partial charge in [0.05, 0.1) is 11.6 Å². The lowest BCUT2D eigenvalue weighted by atomic mass is 9.91. The number of carbonyl (C=O) groups is 2. The van der Waals surface area contributed by atoms with Crippen LogP contribution in [0.25, 0.3) is 0 Å². The maximum absolute atomic E-state index is 12.8. The van der Waals surface area contributed by atoms with Crippen LogP contribution in [-0.2, 0) is 9.59 Å². The van der Waals surface area contributed by atoms with Gasteiger partial charge < -0.3 is 5.11 Å². The number of aliphatic imine (C=N–C) groups is 1. The molecule has 0 fully saturated rings. The van der Waals surface area contributed by atoms with Gasteiger partial charge in [-0.3, -0.25) is 4.79 Å². The Bertz CT molecular complexity index is 471. The Morgan fingerprint density at radius 1 is 1.47 bits per heavy atom. The zero-order chi connectivity index (χ0) is 11.0. The molecule has 0 spiro atoms. The van der Waals surface area contributed by atoms with Gasteiger partial charge in [-0.25, -0.2) is 14.2 Å². The molecule has 1 aliphatic carbocycles. The smallest absolute Gasteiger partial charge is 0.354 e. The van der Waals surface area contributed by atoms with Crippen molar-refractivity contribution in [1.29, 1.82) is 0 Å². The minimum atomic E-state index is -1.27. The van der Waals surface area contributed by atoms with Crippen LogP contribution in [0.4, 0.5) is 4.39 Å². The summed E-state index contributed by atoms with van der Waals surface area (Å²) in [4.78, 5) is 25.8. The van der Waals surface area contributed by atoms with E-state index in [1.807, 2.05) is 0 Å². The molecular formula is C10H6FNO3. The Hall–Kier alpha value is -2.04. The number of rotatable bonds is 1. The molecule has 76 valence electrons. The lowest BCUT2D eigenvalue weighted by molar-refractivity contribution is -0.133. The molecule has 0 aromatic heterocycles. The molecule has 1 unspecified atom stereocenters. The lowest BCUT2D eigenvalue weighted by Crippen LogP contribution is -2.26. The minimum absolute atomic E-state index is 0.265. The highest BCUT2D eigenvalue weighted by Crippen LogP contribution is 2.22. The number of carbonyl (C=O) groups excluding carboxylic acids is 1. The highest BCUT2D eigenvalue weighted by Gasteiger charge is 2.28. The molecule has 0 bridgehead atoms. The van der Waals surface area contributed by atoms with Gasteiger partial charge in [-0.2, -0.15) is 0 Å². The molecule has 0 radical (unpaired) electrons. The van der Waals surface area contributed by atoms with Crippen molar-refractivity contribution in [2.24, 2.45) is 10.9 Å². The summed E-state index contributed by atoms with van der Waals surface area (Å²) in [6, 6.07) is 0. The van der Waals surface area contributed by atoms with Crippen LogP contribution in [0.5, 0.6) is 0 Å². The Kier molecular flexibility index (Phi) is 2.07. The molecule has 1 atom stereocenters. The van der Waals surface area contributed by atoms with Crippen molar-refractivity contribution in [3.05, 3.63) is 35.8 Å². The number of nitrogens with zero attached hydrogens (tertiary/aromatic N) is 1. The minimum Gasteiger partial charge on any atom is -0.477 e. The van der Waals surface area contributed by atoms with Crippen molar-refractivity contribution in [2.45, 2.75) is 0 Å². The van der Waals surface area contributed by atoms with Crippen LogP contribution in [0.3, 0.4) is 0 Å². The van der Waals surface area contributed by atoms with Gasteiger partial charge in [0.2, 0.25) is 0 Å². The quantitative estimate of drug-likeness (QED) is 0.697. The van der Waals surface area contributed by atoms with E-state index in [1.165, 1.54) is 6.08 Å². The number of hydrogen-bond donors (Lipinski definition) is 1. The molecule has 0 saturated carbocycles. The summed E-state index contributed by atoms with van der Waals surface area (Å²) in [5.41, 5.74) is -0.0482. The van der Waals surface area contributed by atoms with Gasteiger partial charge in [0.15, 0.2) is 11.5 Å². The first-order chi connectivity index (χ1) is 7.08. The number of fused-ring (bicyclic) bond motifs is 1. The van der Waals surface area contributed by atoms with E-state index in [0.717, 1.165) is 18.2 Å². The summed E-state index contributed by atoms with van der Waals surface area (Å²) >= 11 is 0. The van der Waals surface area contributed by atoms with Gasteiger partial charge in [0, 0.05) is 6.08 Å². The lowest BCUT2D eigenvalue weighted by Gasteiger charge is -2.17. The summed E-state index contributed by atoms with van der Waals surface area (Å²) in [6.45, 7) is 0. The Morgan fingerprint density at radius 2 is 2.20 bits per heavy atom. The normalized spacial score (nSPS) is 23.9. The summed E-state index contributed by atoms with van der Waals surface area (Å²) in [5, 5.41) is 8.66. The largest absolute Gasteiger partial charge is 0.477 e. The highest BCUT2D eigenvalue weighted by atomic mass is 19.1. The van der Waals surface area contributed by atoms with Crippen LogP contribution in [-0.4, -0.2) is 22.6 Å². The van der Waals surface area contributed by atoms with Crippen molar-refractivity contribution in [2.75, 3.05) is 0 Å². The monoisotopic (exact) mass is 207 g/mol. The van der Waals surface area contributed by atoms with Gasteiger partial charge in [0.25, 0.3) is 0 Å². The fourth-order valence-electron chi connectivity index (χ4n) is 1.41. The fraction of sp³-hybridized carbons (Fsp3) is 0.100. The number of halogens is 1. The van der Waals surface area contributed by atoms with E-state index in [2.05, 4.69) is 4.99 Å². The van der Waals surface area contributed by atoms with Crippen LogP contribution >= 0.6 is 0 Å². The van der Waals surface area contributed by atoms with Crippen LogP contribution in [0.15, 0.2) is 40.8 Å². The molecule has 4 nitrogen and oxygen atoms in total. The van der Waals surface area contributed by atoms with Crippen molar-refractivity contribution in [1.82, 2.24) is 0 Å². The fourth-order valence-corrected chi connectivity index (χ4v) is 1.41. The molecule has 1 N–H and O–H groups in total. The van der Waals surface area contributed by atoms with E-state index in [0.29, 0.717) is 0 Å². The molecule has 2 rings (SSSR count). The third-order valence-electron chi connectivity index (χ3n) is 2.11. The van der Waals surface area contributed by atoms with Gasteiger partial charge in [-0.15, -0.1) is 0 Å². The van der Waals surface area contributed by atoms with Crippen molar-refractivity contribution >= 4 is 17.5 Å². The highest BCUT2D eigenvalue weighted by molar-refractivity contribution is 6.20. The average molecular weight is 207 g/mol. The number of ketones is 1. The molecule has 2 aliphatic rings. The van der Waals surface area contributed by atoms with Crippen LogP contribution in [0.2, 0.25) is 0 Å². The molecule has 15 heavy (non-hydrogen) atoms. The molecular weight excluding hydrogens is 201 g/mol.